The number of nitrogens with zero attached hydrogens (tertiary/aromatic N) is 6. The van der Waals surface area contributed by atoms with Crippen molar-refractivity contribution in [2.45, 2.75) is 26.9 Å². The van der Waals surface area contributed by atoms with Crippen LogP contribution < -0.4 is 16.3 Å². The number of hydrogen-bond acceptors (Lipinski definition) is 5. The Kier molecular flexibility index (Phi) is 4.77. The van der Waals surface area contributed by atoms with Gasteiger partial charge in [0.1, 0.15) is 0 Å². The van der Waals surface area contributed by atoms with Crippen LogP contribution in [0, 0.1) is 0 Å². The Labute approximate surface area is 173 Å². The summed E-state index contributed by atoms with van der Waals surface area (Å²) >= 11 is 0. The lowest BCUT2D eigenvalue weighted by Crippen LogP contribution is -2.40. The van der Waals surface area contributed by atoms with Crippen molar-refractivity contribution >= 4 is 22.8 Å². The molecule has 8 nitrogen and oxygen atoms in total. The zero-order chi connectivity index (χ0) is 21.6. The SMILES string of the molecule is C=C(C)CN1N=C(c2ccccc2)Cn2c1nc1c2c(=O)n(CC(=C)C)c(=O)n1C. The Balaban J connectivity index is 1.99. The molecule has 30 heavy (non-hydrogen) atoms. The molecule has 3 heterocycles. The number of imidazole rings is 1. The molecule has 1 aliphatic rings. The van der Waals surface area contributed by atoms with Crippen molar-refractivity contribution in [2.75, 3.05) is 11.6 Å². The van der Waals surface area contributed by atoms with Crippen LogP contribution in [0.5, 0.6) is 0 Å². The molecule has 0 unspecified atom stereocenters. The van der Waals surface area contributed by atoms with Gasteiger partial charge in [-0.15, -0.1) is 0 Å². The average molecular weight is 404 g/mol. The molecule has 1 aliphatic heterocycles. The van der Waals surface area contributed by atoms with Gasteiger partial charge in [0.05, 0.1) is 25.3 Å². The lowest BCUT2D eigenvalue weighted by Gasteiger charge is -2.26. The fraction of sp³-hybridized carbons (Fsp3) is 0.273. The summed E-state index contributed by atoms with van der Waals surface area (Å²) in [5, 5.41) is 6.51. The van der Waals surface area contributed by atoms with E-state index in [-0.39, 0.29) is 12.1 Å². The summed E-state index contributed by atoms with van der Waals surface area (Å²) in [5.74, 6) is 0.521. The summed E-state index contributed by atoms with van der Waals surface area (Å²) < 4.78 is 4.45. The monoisotopic (exact) mass is 404 g/mol. The molecular weight excluding hydrogens is 380 g/mol. The van der Waals surface area contributed by atoms with E-state index in [9.17, 15) is 9.59 Å². The van der Waals surface area contributed by atoms with Gasteiger partial charge in [0.15, 0.2) is 11.2 Å². The molecule has 0 amide bonds. The van der Waals surface area contributed by atoms with Gasteiger partial charge in [-0.1, -0.05) is 54.6 Å². The molecule has 0 fully saturated rings. The number of benzene rings is 1. The Hall–Kier alpha value is -3.68. The molecule has 154 valence electrons. The van der Waals surface area contributed by atoms with Crippen molar-refractivity contribution in [3.05, 3.63) is 81.0 Å². The third kappa shape index (κ3) is 3.20. The molecule has 0 atom stereocenters. The Morgan fingerprint density at radius 3 is 2.37 bits per heavy atom. The maximum atomic E-state index is 13.3. The van der Waals surface area contributed by atoms with Crippen molar-refractivity contribution in [3.63, 3.8) is 0 Å². The van der Waals surface area contributed by atoms with Crippen LogP contribution in [0.1, 0.15) is 19.4 Å². The molecule has 4 rings (SSSR count). The van der Waals surface area contributed by atoms with E-state index in [0.717, 1.165) is 22.4 Å². The second-order valence-electron chi connectivity index (χ2n) is 7.79. The van der Waals surface area contributed by atoms with E-state index in [0.29, 0.717) is 30.2 Å². The van der Waals surface area contributed by atoms with Crippen molar-refractivity contribution in [1.29, 1.82) is 0 Å². The summed E-state index contributed by atoms with van der Waals surface area (Å²) in [6, 6.07) is 9.81. The molecule has 0 saturated carbocycles. The number of rotatable bonds is 5. The Morgan fingerprint density at radius 1 is 1.07 bits per heavy atom. The van der Waals surface area contributed by atoms with Crippen molar-refractivity contribution in [3.8, 4) is 0 Å². The second kappa shape index (κ2) is 7.29. The zero-order valence-electron chi connectivity index (χ0n) is 17.4. The Bertz CT molecular complexity index is 1320. The molecule has 0 saturated heterocycles. The van der Waals surface area contributed by atoms with E-state index >= 15 is 0 Å². The summed E-state index contributed by atoms with van der Waals surface area (Å²) in [6.45, 7) is 12.5. The van der Waals surface area contributed by atoms with Gasteiger partial charge in [-0.2, -0.15) is 10.1 Å². The summed E-state index contributed by atoms with van der Waals surface area (Å²) in [6.07, 6.45) is 0. The zero-order valence-corrected chi connectivity index (χ0v) is 17.4. The van der Waals surface area contributed by atoms with E-state index in [1.165, 1.54) is 9.13 Å². The topological polar surface area (TPSA) is 77.4 Å². The predicted octanol–water partition coefficient (Wildman–Crippen LogP) is 2.27. The first-order valence-electron chi connectivity index (χ1n) is 9.67. The number of aromatic nitrogens is 4. The minimum Gasteiger partial charge on any atom is -0.297 e. The van der Waals surface area contributed by atoms with E-state index in [4.69, 9.17) is 5.10 Å². The van der Waals surface area contributed by atoms with Crippen LogP contribution in [0.25, 0.3) is 11.2 Å². The molecule has 3 aromatic rings. The van der Waals surface area contributed by atoms with Gasteiger partial charge in [0, 0.05) is 7.05 Å². The number of allylic oxidation sites excluding steroid dienone is 1. The van der Waals surface area contributed by atoms with Gasteiger partial charge < -0.3 is 0 Å². The number of fused-ring (bicyclic) bond motifs is 3. The first kappa shape index (κ1) is 19.6. The highest BCUT2D eigenvalue weighted by molar-refractivity contribution is 6.02. The van der Waals surface area contributed by atoms with Gasteiger partial charge in [-0.3, -0.25) is 18.5 Å². The molecule has 0 aliphatic carbocycles. The van der Waals surface area contributed by atoms with Crippen LogP contribution in [0.15, 0.2) is 69.3 Å². The highest BCUT2D eigenvalue weighted by Gasteiger charge is 2.28. The summed E-state index contributed by atoms with van der Waals surface area (Å²) in [4.78, 5) is 30.7. The molecule has 8 heteroatoms. The van der Waals surface area contributed by atoms with Crippen LogP contribution in [0.2, 0.25) is 0 Å². The third-order valence-corrected chi connectivity index (χ3v) is 4.95. The standard InChI is InChI=1S/C22H24N6O2/c1-14(2)11-27-20(29)18-19(25(5)22(27)30)23-21-26(18)13-17(16-9-7-6-8-10-16)24-28(21)12-15(3)4/h6-10H,1,3,11-13H2,2,4-5H3. The van der Waals surface area contributed by atoms with Gasteiger partial charge >= 0.3 is 5.69 Å². The smallest absolute Gasteiger partial charge is 0.297 e. The Morgan fingerprint density at radius 2 is 1.73 bits per heavy atom. The van der Waals surface area contributed by atoms with E-state index in [1.807, 2.05) is 41.8 Å². The molecule has 0 radical (unpaired) electrons. The van der Waals surface area contributed by atoms with Gasteiger partial charge in [-0.25, -0.2) is 9.80 Å². The van der Waals surface area contributed by atoms with Crippen molar-refractivity contribution in [2.24, 2.45) is 12.1 Å². The van der Waals surface area contributed by atoms with E-state index in [2.05, 4.69) is 18.1 Å². The number of anilines is 1. The molecular formula is C22H24N6O2. The quantitative estimate of drug-likeness (QED) is 0.611. The normalized spacial score (nSPS) is 13.3. The highest BCUT2D eigenvalue weighted by Crippen LogP contribution is 2.26. The number of aryl methyl sites for hydroxylation is 1. The summed E-state index contributed by atoms with van der Waals surface area (Å²) in [5.41, 5.74) is 3.33. The maximum absolute atomic E-state index is 13.3. The third-order valence-electron chi connectivity index (χ3n) is 4.95. The van der Waals surface area contributed by atoms with E-state index < -0.39 is 5.69 Å². The fourth-order valence-corrected chi connectivity index (χ4v) is 3.63. The van der Waals surface area contributed by atoms with Crippen LogP contribution >= 0.6 is 0 Å². The van der Waals surface area contributed by atoms with Crippen LogP contribution in [-0.2, 0) is 20.1 Å². The first-order chi connectivity index (χ1) is 14.3. The average Bonchev–Trinajstić information content (AvgIpc) is 3.10. The minimum atomic E-state index is -0.415. The van der Waals surface area contributed by atoms with Gasteiger partial charge in [-0.05, 0) is 19.4 Å². The van der Waals surface area contributed by atoms with Crippen LogP contribution in [-0.4, -0.2) is 30.9 Å². The molecule has 1 aromatic carbocycles. The van der Waals surface area contributed by atoms with Gasteiger partial charge in [0.25, 0.3) is 5.56 Å². The predicted molar refractivity (Wildman–Crippen MR) is 119 cm³/mol. The highest BCUT2D eigenvalue weighted by atomic mass is 16.2. The fourth-order valence-electron chi connectivity index (χ4n) is 3.63. The lowest BCUT2D eigenvalue weighted by molar-refractivity contribution is 0.648. The molecule has 0 N–H and O–H groups in total. The van der Waals surface area contributed by atoms with E-state index in [1.54, 1.807) is 19.0 Å². The maximum Gasteiger partial charge on any atom is 0.332 e. The molecule has 2 aromatic heterocycles. The largest absolute Gasteiger partial charge is 0.332 e. The van der Waals surface area contributed by atoms with Crippen molar-refractivity contribution in [1.82, 2.24) is 18.7 Å². The number of hydrogen-bond donors (Lipinski definition) is 0. The van der Waals surface area contributed by atoms with Crippen molar-refractivity contribution < 1.29 is 0 Å². The van der Waals surface area contributed by atoms with Crippen LogP contribution in [0.4, 0.5) is 5.95 Å². The molecule has 0 spiro atoms. The lowest BCUT2D eigenvalue weighted by atomic mass is 10.1. The summed E-state index contributed by atoms with van der Waals surface area (Å²) in [7, 11) is 1.63. The minimum absolute atomic E-state index is 0.164. The first-order valence-corrected chi connectivity index (χ1v) is 9.67. The molecule has 0 bridgehead atoms. The number of hydrazone groups is 1. The second-order valence-corrected chi connectivity index (χ2v) is 7.79. The van der Waals surface area contributed by atoms with Crippen LogP contribution in [0.3, 0.4) is 0 Å². The van der Waals surface area contributed by atoms with Gasteiger partial charge in [0.2, 0.25) is 5.95 Å².